The molecule has 4 heteroatoms. The first-order valence-electron chi connectivity index (χ1n) is 8.18. The van der Waals surface area contributed by atoms with E-state index in [9.17, 15) is 4.79 Å². The van der Waals surface area contributed by atoms with Crippen LogP contribution in [0, 0.1) is 12.3 Å². The largest absolute Gasteiger partial charge is 0.493 e. The highest BCUT2D eigenvalue weighted by Gasteiger charge is 2.11. The Hall–Kier alpha value is -2.67. The maximum Gasteiger partial charge on any atom is 0.339 e. The second-order valence-electron chi connectivity index (χ2n) is 5.83. The fraction of sp³-hybridized carbons (Fsp3) is 0.381. The summed E-state index contributed by atoms with van der Waals surface area (Å²) >= 11 is 0. The number of carbonyl (C=O) groups excluding carboxylic acids is 1. The van der Waals surface area contributed by atoms with Gasteiger partial charge in [0.1, 0.15) is 6.61 Å². The van der Waals surface area contributed by atoms with E-state index in [2.05, 4.69) is 32.8 Å². The van der Waals surface area contributed by atoms with E-state index in [1.54, 1.807) is 18.2 Å². The summed E-state index contributed by atoms with van der Waals surface area (Å²) in [4.78, 5) is 11.8. The summed E-state index contributed by atoms with van der Waals surface area (Å²) in [5.41, 5.74) is 2.97. The van der Waals surface area contributed by atoms with Gasteiger partial charge in [0.25, 0.3) is 0 Å². The molecule has 0 heterocycles. The molecule has 0 spiro atoms. The van der Waals surface area contributed by atoms with E-state index in [4.69, 9.17) is 20.6 Å². The van der Waals surface area contributed by atoms with Crippen molar-refractivity contribution in [2.75, 3.05) is 20.3 Å². The maximum absolute atomic E-state index is 11.8. The topological polar surface area (TPSA) is 44.8 Å². The van der Waals surface area contributed by atoms with Crippen LogP contribution in [0.15, 0.2) is 41.5 Å². The lowest BCUT2D eigenvalue weighted by Crippen LogP contribution is -2.06. The smallest absolute Gasteiger partial charge is 0.339 e. The van der Waals surface area contributed by atoms with Crippen molar-refractivity contribution in [2.45, 2.75) is 33.6 Å². The quantitative estimate of drug-likeness (QED) is 0.375. The highest BCUT2D eigenvalue weighted by Crippen LogP contribution is 2.28. The Morgan fingerprint density at radius 3 is 2.60 bits per heavy atom. The van der Waals surface area contributed by atoms with Crippen LogP contribution in [0.25, 0.3) is 0 Å². The molecular weight excluding hydrogens is 316 g/mol. The van der Waals surface area contributed by atoms with Crippen molar-refractivity contribution in [1.29, 1.82) is 0 Å². The molecule has 0 saturated carbocycles. The number of esters is 1. The summed E-state index contributed by atoms with van der Waals surface area (Å²) in [5.74, 6) is 2.82. The minimum Gasteiger partial charge on any atom is -0.493 e. The lowest BCUT2D eigenvalue weighted by molar-refractivity contribution is 0.0556. The number of carbonyl (C=O) groups is 1. The second-order valence-corrected chi connectivity index (χ2v) is 5.83. The molecule has 0 aliphatic rings. The van der Waals surface area contributed by atoms with Gasteiger partial charge in [0.05, 0.1) is 12.7 Å². The molecule has 0 bridgehead atoms. The molecule has 1 aromatic carbocycles. The number of ether oxygens (including phenoxy) is 3. The van der Waals surface area contributed by atoms with Crippen molar-refractivity contribution < 1.29 is 19.0 Å². The Morgan fingerprint density at radius 1 is 1.20 bits per heavy atom. The van der Waals surface area contributed by atoms with Crippen LogP contribution >= 0.6 is 0 Å². The Kier molecular flexibility index (Phi) is 8.95. The van der Waals surface area contributed by atoms with Gasteiger partial charge in [0, 0.05) is 0 Å². The van der Waals surface area contributed by atoms with Crippen LogP contribution < -0.4 is 9.47 Å². The van der Waals surface area contributed by atoms with Crippen LogP contribution in [0.1, 0.15) is 44.0 Å². The lowest BCUT2D eigenvalue weighted by atomic mass is 10.1. The Labute approximate surface area is 150 Å². The number of allylic oxidation sites excluding steroid dienone is 3. The van der Waals surface area contributed by atoms with Crippen molar-refractivity contribution >= 4 is 5.97 Å². The van der Waals surface area contributed by atoms with E-state index in [0.717, 1.165) is 12.8 Å². The number of rotatable bonds is 9. The standard InChI is InChI=1S/C21H26O4/c1-6-13-25-21(22)18-10-11-19(20(15-18)23-5)24-14-12-17(4)9-7-8-16(2)3/h1,8,10-12,15H,7,9,13-14H2,2-5H3/b17-12+. The SMILES string of the molecule is C#CCOC(=O)c1ccc(OC/C=C(\C)CCC=C(C)C)c(OC)c1. The Morgan fingerprint density at radius 2 is 1.96 bits per heavy atom. The van der Waals surface area contributed by atoms with Crippen LogP contribution in [-0.2, 0) is 4.74 Å². The third-order valence-corrected chi connectivity index (χ3v) is 3.45. The first kappa shape index (κ1) is 20.4. The molecule has 0 saturated heterocycles. The van der Waals surface area contributed by atoms with Crippen molar-refractivity contribution in [2.24, 2.45) is 0 Å². The lowest BCUT2D eigenvalue weighted by Gasteiger charge is -2.11. The maximum atomic E-state index is 11.8. The average molecular weight is 342 g/mol. The molecule has 1 rings (SSSR count). The van der Waals surface area contributed by atoms with E-state index >= 15 is 0 Å². The Balaban J connectivity index is 2.65. The summed E-state index contributed by atoms with van der Waals surface area (Å²) < 4.78 is 15.9. The van der Waals surface area contributed by atoms with E-state index in [1.165, 1.54) is 18.3 Å². The van der Waals surface area contributed by atoms with Gasteiger partial charge in [0.15, 0.2) is 18.1 Å². The number of methoxy groups -OCH3 is 1. The van der Waals surface area contributed by atoms with Crippen LogP contribution in [0.5, 0.6) is 11.5 Å². The monoisotopic (exact) mass is 342 g/mol. The normalized spacial score (nSPS) is 10.6. The molecule has 0 aromatic heterocycles. The van der Waals surface area contributed by atoms with Crippen LogP contribution in [0.2, 0.25) is 0 Å². The molecule has 0 amide bonds. The number of benzene rings is 1. The molecule has 0 N–H and O–H groups in total. The van der Waals surface area contributed by atoms with E-state index in [-0.39, 0.29) is 6.61 Å². The molecule has 0 aliphatic carbocycles. The molecule has 0 unspecified atom stereocenters. The zero-order chi connectivity index (χ0) is 18.7. The fourth-order valence-electron chi connectivity index (χ4n) is 2.07. The van der Waals surface area contributed by atoms with Crippen molar-refractivity contribution in [3.8, 4) is 23.8 Å². The van der Waals surface area contributed by atoms with Crippen molar-refractivity contribution in [3.63, 3.8) is 0 Å². The molecule has 0 atom stereocenters. The van der Waals surface area contributed by atoms with E-state index in [0.29, 0.717) is 23.7 Å². The second kappa shape index (κ2) is 11.0. The van der Waals surface area contributed by atoms with Gasteiger partial charge in [-0.2, -0.15) is 0 Å². The molecule has 4 nitrogen and oxygen atoms in total. The van der Waals surface area contributed by atoms with Crippen LogP contribution in [-0.4, -0.2) is 26.3 Å². The summed E-state index contributed by atoms with van der Waals surface area (Å²) in [6.07, 6.45) is 11.4. The van der Waals surface area contributed by atoms with E-state index < -0.39 is 5.97 Å². The molecule has 0 radical (unpaired) electrons. The minimum atomic E-state index is -0.488. The predicted molar refractivity (Wildman–Crippen MR) is 100 cm³/mol. The van der Waals surface area contributed by atoms with Gasteiger partial charge in [-0.1, -0.05) is 23.1 Å². The third-order valence-electron chi connectivity index (χ3n) is 3.45. The molecule has 0 fully saturated rings. The van der Waals surface area contributed by atoms with Crippen molar-refractivity contribution in [3.05, 3.63) is 47.1 Å². The predicted octanol–water partition coefficient (Wildman–Crippen LogP) is 4.56. The summed E-state index contributed by atoms with van der Waals surface area (Å²) in [7, 11) is 1.53. The number of hydrogen-bond donors (Lipinski definition) is 0. The third kappa shape index (κ3) is 7.63. The van der Waals surface area contributed by atoms with E-state index in [1.807, 2.05) is 6.08 Å². The van der Waals surface area contributed by atoms with Gasteiger partial charge in [-0.3, -0.25) is 0 Å². The zero-order valence-electron chi connectivity index (χ0n) is 15.4. The van der Waals surface area contributed by atoms with Gasteiger partial charge in [-0.25, -0.2) is 4.79 Å². The number of hydrogen-bond acceptors (Lipinski definition) is 4. The summed E-state index contributed by atoms with van der Waals surface area (Å²) in [6.45, 7) is 6.67. The van der Waals surface area contributed by atoms with Crippen LogP contribution in [0.4, 0.5) is 0 Å². The minimum absolute atomic E-state index is 0.0593. The van der Waals surface area contributed by atoms with Crippen molar-refractivity contribution in [1.82, 2.24) is 0 Å². The molecule has 134 valence electrons. The first-order chi connectivity index (χ1) is 12.0. The highest BCUT2D eigenvalue weighted by atomic mass is 16.5. The highest BCUT2D eigenvalue weighted by molar-refractivity contribution is 5.90. The molecular formula is C21H26O4. The fourth-order valence-corrected chi connectivity index (χ4v) is 2.07. The van der Waals surface area contributed by atoms with Gasteiger partial charge in [-0.05, 0) is 57.9 Å². The Bertz CT molecular complexity index is 674. The average Bonchev–Trinajstić information content (AvgIpc) is 2.59. The van der Waals surface area contributed by atoms with Gasteiger partial charge in [0.2, 0.25) is 0 Å². The van der Waals surface area contributed by atoms with Gasteiger partial charge in [-0.15, -0.1) is 6.42 Å². The van der Waals surface area contributed by atoms with Gasteiger partial charge < -0.3 is 14.2 Å². The molecule has 0 aliphatic heterocycles. The van der Waals surface area contributed by atoms with Gasteiger partial charge >= 0.3 is 5.97 Å². The van der Waals surface area contributed by atoms with Crippen LogP contribution in [0.3, 0.4) is 0 Å². The zero-order valence-corrected chi connectivity index (χ0v) is 15.4. The summed E-state index contributed by atoms with van der Waals surface area (Å²) in [6, 6.07) is 4.90. The summed E-state index contributed by atoms with van der Waals surface area (Å²) in [5, 5.41) is 0. The molecule has 1 aromatic rings. The molecule has 25 heavy (non-hydrogen) atoms. The first-order valence-corrected chi connectivity index (χ1v) is 8.18. The number of terminal acetylenes is 1.